The minimum Gasteiger partial charge on any atom is -0.454 e. The van der Waals surface area contributed by atoms with Crippen LogP contribution in [0, 0.1) is 0 Å². The molecule has 9 heteroatoms. The molecule has 0 radical (unpaired) electrons. The van der Waals surface area contributed by atoms with Crippen molar-refractivity contribution in [3.8, 4) is 50.4 Å². The normalized spacial score (nSPS) is 12.0. The van der Waals surface area contributed by atoms with Gasteiger partial charge in [-0.1, -0.05) is 200 Å². The second-order valence-corrected chi connectivity index (χ2v) is 30.2. The fraction of sp³-hybridized carbons (Fsp3) is 0. The van der Waals surface area contributed by atoms with E-state index in [0.29, 0.717) is 0 Å². The summed E-state index contributed by atoms with van der Waals surface area (Å²) in [4.78, 5) is 0. The highest BCUT2D eigenvalue weighted by atomic mass is 32.1. The lowest BCUT2D eigenvalue weighted by Gasteiger charge is -2.07. The number of hydrogen-bond donors (Lipinski definition) is 0. The van der Waals surface area contributed by atoms with Crippen LogP contribution < -0.4 is 0 Å². The minimum absolute atomic E-state index is 0.915. The zero-order chi connectivity index (χ0) is 68.8. The highest BCUT2D eigenvalue weighted by Crippen LogP contribution is 2.47. The lowest BCUT2D eigenvalue weighted by molar-refractivity contribution is 0.672. The van der Waals surface area contributed by atoms with Gasteiger partial charge < -0.3 is 27.0 Å². The number of aromatic nitrogens is 3. The minimum atomic E-state index is 0.915. The topological polar surface area (TPSA) is 54.2 Å². The van der Waals surface area contributed by atoms with Gasteiger partial charge in [0.15, 0.2) is 16.7 Å². The Hall–Kier alpha value is -13.0. The Morgan fingerprint density at radius 2 is 0.524 bits per heavy atom. The van der Waals surface area contributed by atoms with Gasteiger partial charge in [0.1, 0.15) is 33.3 Å². The standard InChI is InChI=1S/3C32H19NOS/c1-2-9-21(10-3-1)33-27-15-6-4-12-25(27)31-30(33)26-18-17-20(19-28(26)34-31)22-13-8-14-24-23-11-5-7-16-29(23)35-32(22)24;1-2-8-22(9-3-1)33-27-12-6-4-11-25(27)32-31(33)26-17-15-20(18-28(26)34-32)21-14-16-24-23-10-5-7-13-29(23)35-30(24)19-21;1-2-8-22(9-3-1)33-27-12-6-4-11-24(27)32-31(33)25-16-14-21(19-28(25)34-32)20-15-17-30-26(18-20)23-10-5-7-13-29(23)35-30/h3*1-19H. The summed E-state index contributed by atoms with van der Waals surface area (Å²) in [5, 5.41) is 14.7. The molecule has 0 bridgehead atoms. The molecule has 0 saturated carbocycles. The van der Waals surface area contributed by atoms with Crippen molar-refractivity contribution in [2.24, 2.45) is 0 Å². The Balaban J connectivity index is 0.0000000986. The van der Waals surface area contributed by atoms with Crippen LogP contribution in [0.4, 0.5) is 0 Å². The number of benzene rings is 15. The van der Waals surface area contributed by atoms with Crippen molar-refractivity contribution in [2.75, 3.05) is 0 Å². The van der Waals surface area contributed by atoms with E-state index in [4.69, 9.17) is 13.3 Å². The molecule has 0 aliphatic heterocycles. The first-order valence-corrected chi connectivity index (χ1v) is 37.8. The van der Waals surface area contributed by atoms with Gasteiger partial charge in [0.25, 0.3) is 0 Å². The molecular weight excluding hydrogens is 1340 g/mol. The summed E-state index contributed by atoms with van der Waals surface area (Å²) in [6.45, 7) is 0. The highest BCUT2D eigenvalue weighted by molar-refractivity contribution is 7.27. The van der Waals surface area contributed by atoms with Gasteiger partial charge in [0, 0.05) is 110 Å². The van der Waals surface area contributed by atoms with Gasteiger partial charge in [-0.25, -0.2) is 0 Å². The smallest absolute Gasteiger partial charge is 0.161 e. The van der Waals surface area contributed by atoms with Crippen LogP contribution in [0.2, 0.25) is 0 Å². The summed E-state index contributed by atoms with van der Waals surface area (Å²) in [5.74, 6) is 0. The van der Waals surface area contributed by atoms with Crippen molar-refractivity contribution in [2.45, 2.75) is 0 Å². The maximum atomic E-state index is 6.58. The average molecular weight is 1400 g/mol. The van der Waals surface area contributed by atoms with Gasteiger partial charge >= 0.3 is 0 Å². The molecule has 0 atom stereocenters. The lowest BCUT2D eigenvalue weighted by Crippen LogP contribution is -1.92. The van der Waals surface area contributed by atoms with Crippen LogP contribution in [0.15, 0.2) is 359 Å². The first-order chi connectivity index (χ1) is 52.1. The van der Waals surface area contributed by atoms with E-state index >= 15 is 0 Å². The fourth-order valence-electron chi connectivity index (χ4n) is 16.3. The maximum absolute atomic E-state index is 6.58. The first-order valence-electron chi connectivity index (χ1n) is 35.3. The number of rotatable bonds is 6. The SMILES string of the molecule is c1ccc(-n2c3ccccc3c3oc4cc(-c5ccc6c(c5)sc5ccccc56)ccc4c32)cc1.c1ccc(-n2c3ccccc3c3oc4cc(-c5ccc6sc7ccccc7c6c5)ccc4c32)cc1.c1ccc(-n2c3ccccc3c3oc4cc(-c5cccc6c5sc5ccccc56)ccc4c32)cc1. The lowest BCUT2D eigenvalue weighted by atomic mass is 10.0. The monoisotopic (exact) mass is 1400 g/mol. The molecule has 0 unspecified atom stereocenters. The van der Waals surface area contributed by atoms with Gasteiger partial charge in [-0.05, 0) is 179 Å². The number of furan rings is 3. The van der Waals surface area contributed by atoms with Crippen molar-refractivity contribution >= 4 is 193 Å². The summed E-state index contributed by atoms with van der Waals surface area (Å²) >= 11 is 5.57. The summed E-state index contributed by atoms with van der Waals surface area (Å²) in [5.41, 5.74) is 23.0. The van der Waals surface area contributed by atoms with Crippen molar-refractivity contribution in [1.82, 2.24) is 13.7 Å². The Bertz CT molecular complexity index is 7590. The van der Waals surface area contributed by atoms with Crippen LogP contribution >= 0.6 is 34.0 Å². The zero-order valence-corrected chi connectivity index (χ0v) is 58.6. The summed E-state index contributed by atoms with van der Waals surface area (Å²) in [6.07, 6.45) is 0. The number of fused-ring (bicyclic) bond motifs is 24. The van der Waals surface area contributed by atoms with Gasteiger partial charge in [-0.2, -0.15) is 0 Å². The molecule has 105 heavy (non-hydrogen) atoms. The number of nitrogens with zero attached hydrogens (tertiary/aromatic N) is 3. The van der Waals surface area contributed by atoms with Crippen molar-refractivity contribution in [3.05, 3.63) is 346 Å². The number of hydrogen-bond acceptors (Lipinski definition) is 6. The number of thiophene rings is 3. The Kier molecular flexibility index (Phi) is 13.5. The predicted molar refractivity (Wildman–Crippen MR) is 447 cm³/mol. The van der Waals surface area contributed by atoms with E-state index < -0.39 is 0 Å². The number of para-hydroxylation sites is 6. The molecule has 0 N–H and O–H groups in total. The van der Waals surface area contributed by atoms with Gasteiger partial charge in [-0.3, -0.25) is 0 Å². The van der Waals surface area contributed by atoms with E-state index in [9.17, 15) is 0 Å². The van der Waals surface area contributed by atoms with E-state index in [1.165, 1.54) is 93.9 Å². The van der Waals surface area contributed by atoms with Crippen molar-refractivity contribution in [3.63, 3.8) is 0 Å². The van der Waals surface area contributed by atoms with Crippen molar-refractivity contribution < 1.29 is 13.3 Å². The third kappa shape index (κ3) is 9.46. The second-order valence-electron chi connectivity index (χ2n) is 26.9. The third-order valence-electron chi connectivity index (χ3n) is 21.0. The molecule has 9 aromatic heterocycles. The summed E-state index contributed by atoms with van der Waals surface area (Å²) < 4.78 is 34.6. The third-order valence-corrected chi connectivity index (χ3v) is 24.5. The molecule has 0 aliphatic carbocycles. The van der Waals surface area contributed by atoms with Crippen LogP contribution in [0.1, 0.15) is 0 Å². The van der Waals surface area contributed by atoms with Gasteiger partial charge in [-0.15, -0.1) is 34.0 Å². The van der Waals surface area contributed by atoms with E-state index in [-0.39, 0.29) is 0 Å². The molecule has 24 rings (SSSR count). The predicted octanol–water partition coefficient (Wildman–Crippen LogP) is 28.7. The molecule has 0 saturated heterocycles. The molecule has 0 aliphatic rings. The van der Waals surface area contributed by atoms with Gasteiger partial charge in [0.2, 0.25) is 0 Å². The molecule has 6 nitrogen and oxygen atoms in total. The van der Waals surface area contributed by atoms with E-state index in [0.717, 1.165) is 116 Å². The Morgan fingerprint density at radius 3 is 1.01 bits per heavy atom. The van der Waals surface area contributed by atoms with Crippen LogP contribution in [0.3, 0.4) is 0 Å². The molecule has 0 spiro atoms. The van der Waals surface area contributed by atoms with Crippen molar-refractivity contribution in [1.29, 1.82) is 0 Å². The van der Waals surface area contributed by atoms with E-state index in [1.54, 1.807) is 0 Å². The molecule has 24 aromatic rings. The Labute approximate surface area is 612 Å². The van der Waals surface area contributed by atoms with Crippen LogP contribution in [0.5, 0.6) is 0 Å². The highest BCUT2D eigenvalue weighted by Gasteiger charge is 2.24. The Morgan fingerprint density at radius 1 is 0.200 bits per heavy atom. The first kappa shape index (κ1) is 59.6. The van der Waals surface area contributed by atoms with E-state index in [2.05, 4.69) is 359 Å². The van der Waals surface area contributed by atoms with Crippen LogP contribution in [-0.4, -0.2) is 13.7 Å². The summed E-state index contributed by atoms with van der Waals surface area (Å²) in [6, 6.07) is 123. The molecule has 0 amide bonds. The molecular formula is C96H57N3O3S3. The molecule has 492 valence electrons. The molecule has 0 fully saturated rings. The van der Waals surface area contributed by atoms with E-state index in [1.807, 2.05) is 34.0 Å². The van der Waals surface area contributed by atoms with Crippen LogP contribution in [-0.2, 0) is 0 Å². The van der Waals surface area contributed by atoms with Gasteiger partial charge in [0.05, 0.1) is 16.6 Å². The van der Waals surface area contributed by atoms with Crippen LogP contribution in [0.25, 0.3) is 210 Å². The zero-order valence-electron chi connectivity index (χ0n) is 56.2. The quantitative estimate of drug-likeness (QED) is 0.167. The molecule has 15 aromatic carbocycles. The summed E-state index contributed by atoms with van der Waals surface area (Å²) in [7, 11) is 0. The fourth-order valence-corrected chi connectivity index (χ4v) is 19.7. The average Bonchev–Trinajstić information content (AvgIpc) is 1.58. The maximum Gasteiger partial charge on any atom is 0.161 e. The molecule has 9 heterocycles. The second kappa shape index (κ2) is 23.8. The largest absolute Gasteiger partial charge is 0.454 e.